The summed E-state index contributed by atoms with van der Waals surface area (Å²) >= 11 is 5.69. The van der Waals surface area contributed by atoms with Crippen LogP contribution >= 0.6 is 11.6 Å². The van der Waals surface area contributed by atoms with Crippen molar-refractivity contribution in [2.75, 3.05) is 5.88 Å². The Hall–Kier alpha value is -1.62. The number of hydrogen-bond acceptors (Lipinski definition) is 3. The highest BCUT2D eigenvalue weighted by Crippen LogP contribution is 2.20. The summed E-state index contributed by atoms with van der Waals surface area (Å²) in [7, 11) is 0. The molecule has 1 aromatic carbocycles. The molecular formula is C10H11ClN2O3. The van der Waals surface area contributed by atoms with Gasteiger partial charge in [0, 0.05) is 24.9 Å². The number of amides is 1. The van der Waals surface area contributed by atoms with Crippen LogP contribution in [-0.4, -0.2) is 16.7 Å². The van der Waals surface area contributed by atoms with Crippen LogP contribution < -0.4 is 5.32 Å². The first-order valence-electron chi connectivity index (χ1n) is 4.62. The zero-order chi connectivity index (χ0) is 12.1. The second kappa shape index (κ2) is 5.46. The highest BCUT2D eigenvalue weighted by molar-refractivity contribution is 6.18. The Bertz CT molecular complexity index is 409. The van der Waals surface area contributed by atoms with Crippen molar-refractivity contribution in [1.82, 2.24) is 5.32 Å². The van der Waals surface area contributed by atoms with Gasteiger partial charge in [-0.1, -0.05) is 12.1 Å². The number of carbonyl (C=O) groups excluding carboxylic acids is 1. The van der Waals surface area contributed by atoms with Crippen LogP contribution in [0.5, 0.6) is 0 Å². The number of carbonyl (C=O) groups is 1. The van der Waals surface area contributed by atoms with Crippen molar-refractivity contribution < 1.29 is 9.72 Å². The Labute approximate surface area is 97.6 Å². The predicted octanol–water partition coefficient (Wildman–Crippen LogP) is 2.01. The molecule has 1 N–H and O–H groups in total. The topological polar surface area (TPSA) is 72.2 Å². The predicted molar refractivity (Wildman–Crippen MR) is 60.4 cm³/mol. The van der Waals surface area contributed by atoms with Crippen LogP contribution in [0.2, 0.25) is 0 Å². The summed E-state index contributed by atoms with van der Waals surface area (Å²) in [4.78, 5) is 21.0. The number of non-ortho nitro benzene ring substituents is 1. The van der Waals surface area contributed by atoms with Gasteiger partial charge in [-0.15, -0.1) is 11.6 Å². The molecule has 1 aromatic rings. The summed E-state index contributed by atoms with van der Waals surface area (Å²) in [6.45, 7) is 1.37. The maximum absolute atomic E-state index is 10.9. The van der Waals surface area contributed by atoms with Crippen LogP contribution in [0.25, 0.3) is 0 Å². The van der Waals surface area contributed by atoms with Crippen LogP contribution in [0, 0.1) is 10.1 Å². The molecule has 0 heterocycles. The summed E-state index contributed by atoms with van der Waals surface area (Å²) in [6.07, 6.45) is 0. The van der Waals surface area contributed by atoms with Crippen LogP contribution in [0.15, 0.2) is 24.3 Å². The quantitative estimate of drug-likeness (QED) is 0.499. The molecule has 0 aliphatic rings. The number of halogens is 1. The van der Waals surface area contributed by atoms with E-state index in [1.807, 2.05) is 0 Å². The summed E-state index contributed by atoms with van der Waals surface area (Å²) < 4.78 is 0. The molecule has 1 amide bonds. The molecule has 0 spiro atoms. The first-order chi connectivity index (χ1) is 7.54. The van der Waals surface area contributed by atoms with Crippen molar-refractivity contribution >= 4 is 23.2 Å². The van der Waals surface area contributed by atoms with E-state index in [0.717, 1.165) is 0 Å². The highest BCUT2D eigenvalue weighted by Gasteiger charge is 2.14. The summed E-state index contributed by atoms with van der Waals surface area (Å²) in [5, 5.41) is 13.2. The van der Waals surface area contributed by atoms with Gasteiger partial charge in [-0.05, 0) is 5.56 Å². The molecule has 0 fully saturated rings. The lowest BCUT2D eigenvalue weighted by Crippen LogP contribution is -2.27. The summed E-state index contributed by atoms with van der Waals surface area (Å²) in [5.74, 6) is -0.0574. The third kappa shape index (κ3) is 3.20. The molecular weight excluding hydrogens is 232 g/mol. The van der Waals surface area contributed by atoms with Crippen LogP contribution in [0.1, 0.15) is 18.5 Å². The zero-order valence-corrected chi connectivity index (χ0v) is 9.40. The largest absolute Gasteiger partial charge is 0.348 e. The van der Waals surface area contributed by atoms with Gasteiger partial charge in [0.25, 0.3) is 5.69 Å². The van der Waals surface area contributed by atoms with Gasteiger partial charge in [0.2, 0.25) is 5.91 Å². The molecule has 0 aliphatic heterocycles. The van der Waals surface area contributed by atoms with Crippen molar-refractivity contribution in [3.8, 4) is 0 Å². The van der Waals surface area contributed by atoms with Gasteiger partial charge in [0.15, 0.2) is 0 Å². The van der Waals surface area contributed by atoms with Crippen molar-refractivity contribution in [2.24, 2.45) is 0 Å². The minimum absolute atomic E-state index is 0.0158. The number of nitrogens with one attached hydrogen (secondary N) is 1. The van der Waals surface area contributed by atoms with Crippen molar-refractivity contribution in [2.45, 2.75) is 13.0 Å². The average molecular weight is 243 g/mol. The number of benzene rings is 1. The fraction of sp³-hybridized carbons (Fsp3) is 0.300. The number of alkyl halides is 1. The molecule has 0 radical (unpaired) electrons. The van der Waals surface area contributed by atoms with Crippen LogP contribution in [0.4, 0.5) is 5.69 Å². The van der Waals surface area contributed by atoms with E-state index in [1.54, 1.807) is 12.1 Å². The maximum atomic E-state index is 10.9. The Morgan fingerprint density at radius 1 is 1.62 bits per heavy atom. The maximum Gasteiger partial charge on any atom is 0.269 e. The third-order valence-electron chi connectivity index (χ3n) is 2.02. The number of nitrogens with zero attached hydrogens (tertiary/aromatic N) is 1. The molecule has 6 heteroatoms. The SMILES string of the molecule is CC(=O)NC(CCl)c1cccc([N+](=O)[O-])c1. The summed E-state index contributed by atoms with van der Waals surface area (Å²) in [6, 6.07) is 5.65. The lowest BCUT2D eigenvalue weighted by Gasteiger charge is -2.14. The van der Waals surface area contributed by atoms with Gasteiger partial charge in [-0.2, -0.15) is 0 Å². The molecule has 1 rings (SSSR count). The number of nitro benzene ring substituents is 1. The Kier molecular flexibility index (Phi) is 4.25. The van der Waals surface area contributed by atoms with Crippen molar-refractivity contribution in [3.05, 3.63) is 39.9 Å². The highest BCUT2D eigenvalue weighted by atomic mass is 35.5. The monoisotopic (exact) mass is 242 g/mol. The fourth-order valence-corrected chi connectivity index (χ4v) is 1.57. The Morgan fingerprint density at radius 3 is 2.81 bits per heavy atom. The van der Waals surface area contributed by atoms with Gasteiger partial charge < -0.3 is 5.32 Å². The molecule has 0 bridgehead atoms. The van der Waals surface area contributed by atoms with Crippen molar-refractivity contribution in [3.63, 3.8) is 0 Å². The minimum Gasteiger partial charge on any atom is -0.348 e. The lowest BCUT2D eigenvalue weighted by atomic mass is 10.1. The first kappa shape index (κ1) is 12.4. The van der Waals surface area contributed by atoms with Gasteiger partial charge in [0.1, 0.15) is 0 Å². The van der Waals surface area contributed by atoms with E-state index >= 15 is 0 Å². The smallest absolute Gasteiger partial charge is 0.269 e. The van der Waals surface area contributed by atoms with Gasteiger partial charge in [-0.25, -0.2) is 0 Å². The second-order valence-electron chi connectivity index (χ2n) is 3.26. The number of nitro groups is 1. The van der Waals surface area contributed by atoms with Crippen LogP contribution in [-0.2, 0) is 4.79 Å². The zero-order valence-electron chi connectivity index (χ0n) is 8.64. The van der Waals surface area contributed by atoms with E-state index in [4.69, 9.17) is 11.6 Å². The number of hydrogen-bond donors (Lipinski definition) is 1. The molecule has 0 aromatic heterocycles. The molecule has 5 nitrogen and oxygen atoms in total. The molecule has 0 saturated heterocycles. The van der Waals surface area contributed by atoms with Crippen LogP contribution in [0.3, 0.4) is 0 Å². The lowest BCUT2D eigenvalue weighted by molar-refractivity contribution is -0.384. The number of rotatable bonds is 4. The molecule has 16 heavy (non-hydrogen) atoms. The van der Waals surface area contributed by atoms with E-state index < -0.39 is 11.0 Å². The van der Waals surface area contributed by atoms with E-state index in [-0.39, 0.29) is 17.5 Å². The van der Waals surface area contributed by atoms with Crippen molar-refractivity contribution in [1.29, 1.82) is 0 Å². The third-order valence-corrected chi connectivity index (χ3v) is 2.32. The second-order valence-corrected chi connectivity index (χ2v) is 3.57. The van der Waals surface area contributed by atoms with Gasteiger partial charge >= 0.3 is 0 Å². The molecule has 0 aliphatic carbocycles. The Balaban J connectivity index is 2.96. The standard InChI is InChI=1S/C10H11ClN2O3/c1-7(14)12-10(6-11)8-3-2-4-9(5-8)13(15)16/h2-5,10H,6H2,1H3,(H,12,14). The van der Waals surface area contributed by atoms with E-state index in [1.165, 1.54) is 19.1 Å². The molecule has 86 valence electrons. The fourth-order valence-electron chi connectivity index (χ4n) is 1.31. The van der Waals surface area contributed by atoms with E-state index in [0.29, 0.717) is 5.56 Å². The first-order valence-corrected chi connectivity index (χ1v) is 5.15. The Morgan fingerprint density at radius 2 is 2.31 bits per heavy atom. The summed E-state index contributed by atoms with van der Waals surface area (Å²) in [5.41, 5.74) is 0.609. The molecule has 0 saturated carbocycles. The van der Waals surface area contributed by atoms with E-state index in [9.17, 15) is 14.9 Å². The van der Waals surface area contributed by atoms with Gasteiger partial charge in [0.05, 0.1) is 11.0 Å². The molecule has 1 atom stereocenters. The normalized spacial score (nSPS) is 11.9. The minimum atomic E-state index is -0.484. The molecule has 1 unspecified atom stereocenters. The average Bonchev–Trinajstić information content (AvgIpc) is 2.25. The van der Waals surface area contributed by atoms with Gasteiger partial charge in [-0.3, -0.25) is 14.9 Å². The van der Waals surface area contributed by atoms with E-state index in [2.05, 4.69) is 5.32 Å².